The number of rotatable bonds is 5. The first-order valence-corrected chi connectivity index (χ1v) is 9.90. The maximum atomic E-state index is 9.61. The Morgan fingerprint density at radius 3 is 2.69 bits per heavy atom. The van der Waals surface area contributed by atoms with Crippen molar-refractivity contribution in [2.24, 2.45) is 0 Å². The molecule has 2 N–H and O–H groups in total. The maximum Gasteiger partial charge on any atom is 0.227 e. The Hall–Kier alpha value is -3.12. The highest BCUT2D eigenvalue weighted by Gasteiger charge is 2.16. The standard InChI is InChI=1S/C22H22ClN5O/c1-4-9-28-12-16(20-21(28)14(3)11-19(23)27-20)18-7-8-24-22(26-18)25-17-6-5-15(29)10-13(17)2/h5-8,10-12,29H,4,9H2,1-3H3,(H,24,25,26). The van der Waals surface area contributed by atoms with Crippen LogP contribution in [0.2, 0.25) is 5.15 Å². The molecule has 148 valence electrons. The lowest BCUT2D eigenvalue weighted by Gasteiger charge is -2.09. The first-order chi connectivity index (χ1) is 14.0. The van der Waals surface area contributed by atoms with E-state index in [1.54, 1.807) is 24.4 Å². The summed E-state index contributed by atoms with van der Waals surface area (Å²) in [6, 6.07) is 8.89. The fourth-order valence-corrected chi connectivity index (χ4v) is 3.79. The van der Waals surface area contributed by atoms with Crippen molar-refractivity contribution in [2.45, 2.75) is 33.7 Å². The third-order valence-electron chi connectivity index (χ3n) is 4.83. The monoisotopic (exact) mass is 407 g/mol. The number of hydrogen-bond donors (Lipinski definition) is 2. The van der Waals surface area contributed by atoms with E-state index in [1.165, 1.54) is 0 Å². The molecule has 0 amide bonds. The predicted octanol–water partition coefficient (Wildman–Crippen LogP) is 5.62. The van der Waals surface area contributed by atoms with Crippen molar-refractivity contribution in [1.29, 1.82) is 0 Å². The van der Waals surface area contributed by atoms with Crippen molar-refractivity contribution in [3.8, 4) is 17.0 Å². The Kier molecular flexibility index (Phi) is 5.11. The zero-order chi connectivity index (χ0) is 20.5. The smallest absolute Gasteiger partial charge is 0.227 e. The van der Waals surface area contributed by atoms with Crippen molar-refractivity contribution in [2.75, 3.05) is 5.32 Å². The Morgan fingerprint density at radius 2 is 1.93 bits per heavy atom. The molecule has 3 aromatic heterocycles. The van der Waals surface area contributed by atoms with Gasteiger partial charge in [0, 0.05) is 30.2 Å². The highest BCUT2D eigenvalue weighted by molar-refractivity contribution is 6.30. The number of benzene rings is 1. The molecule has 0 spiro atoms. The number of nitrogens with one attached hydrogen (secondary N) is 1. The molecule has 29 heavy (non-hydrogen) atoms. The zero-order valence-corrected chi connectivity index (χ0v) is 17.3. The minimum Gasteiger partial charge on any atom is -0.508 e. The number of aromatic nitrogens is 4. The second-order valence-electron chi connectivity index (χ2n) is 7.08. The first kappa shape index (κ1) is 19.2. The minimum absolute atomic E-state index is 0.227. The molecule has 0 aliphatic carbocycles. The van der Waals surface area contributed by atoms with Gasteiger partial charge in [0.2, 0.25) is 5.95 Å². The van der Waals surface area contributed by atoms with Gasteiger partial charge in [0.25, 0.3) is 0 Å². The van der Waals surface area contributed by atoms with Crippen LogP contribution in [0.1, 0.15) is 24.5 Å². The molecule has 0 aliphatic rings. The molecule has 4 rings (SSSR count). The van der Waals surface area contributed by atoms with Crippen molar-refractivity contribution in [3.05, 3.63) is 59.0 Å². The van der Waals surface area contributed by atoms with Crippen LogP contribution in [-0.4, -0.2) is 24.6 Å². The average Bonchev–Trinajstić information content (AvgIpc) is 3.03. The van der Waals surface area contributed by atoms with E-state index in [4.69, 9.17) is 16.6 Å². The van der Waals surface area contributed by atoms with Crippen molar-refractivity contribution in [3.63, 3.8) is 0 Å². The second kappa shape index (κ2) is 7.72. The lowest BCUT2D eigenvalue weighted by molar-refractivity contribution is 0.475. The quantitative estimate of drug-likeness (QED) is 0.331. The van der Waals surface area contributed by atoms with Crippen molar-refractivity contribution in [1.82, 2.24) is 19.5 Å². The Morgan fingerprint density at radius 1 is 1.10 bits per heavy atom. The van der Waals surface area contributed by atoms with E-state index in [0.717, 1.165) is 52.1 Å². The number of halogens is 1. The van der Waals surface area contributed by atoms with E-state index in [9.17, 15) is 5.11 Å². The second-order valence-corrected chi connectivity index (χ2v) is 7.47. The first-order valence-electron chi connectivity index (χ1n) is 9.52. The minimum atomic E-state index is 0.227. The van der Waals surface area contributed by atoms with Gasteiger partial charge in [0.1, 0.15) is 10.9 Å². The van der Waals surface area contributed by atoms with Crippen LogP contribution in [0.3, 0.4) is 0 Å². The molecule has 0 bridgehead atoms. The normalized spacial score (nSPS) is 11.2. The van der Waals surface area contributed by atoms with Crippen LogP contribution in [0.4, 0.5) is 11.6 Å². The molecule has 6 nitrogen and oxygen atoms in total. The Bertz CT molecular complexity index is 1200. The predicted molar refractivity (Wildman–Crippen MR) is 117 cm³/mol. The number of phenolic OH excluding ortho intramolecular Hbond substituents is 1. The van der Waals surface area contributed by atoms with Gasteiger partial charge in [-0.25, -0.2) is 15.0 Å². The van der Waals surface area contributed by atoms with E-state index in [1.807, 2.05) is 26.0 Å². The lowest BCUT2D eigenvalue weighted by atomic mass is 10.1. The fraction of sp³-hybridized carbons (Fsp3) is 0.227. The SMILES string of the molecule is CCCn1cc(-c2ccnc(Nc3ccc(O)cc3C)n2)c2nc(Cl)cc(C)c21. The number of nitrogens with zero attached hydrogens (tertiary/aromatic N) is 4. The summed E-state index contributed by atoms with van der Waals surface area (Å²) >= 11 is 6.25. The van der Waals surface area contributed by atoms with Crippen LogP contribution in [0, 0.1) is 13.8 Å². The summed E-state index contributed by atoms with van der Waals surface area (Å²) in [5.41, 5.74) is 6.45. The number of anilines is 2. The summed E-state index contributed by atoms with van der Waals surface area (Å²) in [7, 11) is 0. The Balaban J connectivity index is 1.79. The van der Waals surface area contributed by atoms with E-state index >= 15 is 0 Å². The van der Waals surface area contributed by atoms with Crippen LogP contribution in [0.25, 0.3) is 22.3 Å². The number of pyridine rings is 1. The molecule has 0 saturated heterocycles. The number of hydrogen-bond acceptors (Lipinski definition) is 5. The number of phenols is 1. The molecule has 0 saturated carbocycles. The molecular weight excluding hydrogens is 386 g/mol. The topological polar surface area (TPSA) is 75.9 Å². The average molecular weight is 408 g/mol. The van der Waals surface area contributed by atoms with Crippen molar-refractivity contribution < 1.29 is 5.11 Å². The zero-order valence-electron chi connectivity index (χ0n) is 16.6. The lowest BCUT2D eigenvalue weighted by Crippen LogP contribution is -1.99. The summed E-state index contributed by atoms with van der Waals surface area (Å²) in [6.45, 7) is 7.01. The molecule has 3 heterocycles. The number of aromatic hydroxyl groups is 1. The van der Waals surface area contributed by atoms with Crippen LogP contribution in [-0.2, 0) is 6.54 Å². The van der Waals surface area contributed by atoms with E-state index in [2.05, 4.69) is 33.0 Å². The maximum absolute atomic E-state index is 9.61. The van der Waals surface area contributed by atoms with Crippen LogP contribution in [0.5, 0.6) is 5.75 Å². The molecule has 0 fully saturated rings. The van der Waals surface area contributed by atoms with Gasteiger partial charge >= 0.3 is 0 Å². The molecule has 7 heteroatoms. The van der Waals surface area contributed by atoms with E-state index in [-0.39, 0.29) is 5.75 Å². The van der Waals surface area contributed by atoms with Crippen molar-refractivity contribution >= 4 is 34.3 Å². The molecule has 0 radical (unpaired) electrons. The number of aryl methyl sites for hydroxylation is 3. The van der Waals surface area contributed by atoms with Gasteiger partial charge in [-0.1, -0.05) is 18.5 Å². The highest BCUT2D eigenvalue weighted by Crippen LogP contribution is 2.32. The highest BCUT2D eigenvalue weighted by atomic mass is 35.5. The van der Waals surface area contributed by atoms with Gasteiger partial charge in [-0.05, 0) is 61.7 Å². The molecule has 0 aliphatic heterocycles. The van der Waals surface area contributed by atoms with E-state index in [0.29, 0.717) is 11.1 Å². The third-order valence-corrected chi connectivity index (χ3v) is 5.03. The van der Waals surface area contributed by atoms with Gasteiger partial charge in [0.15, 0.2) is 0 Å². The Labute approximate surface area is 174 Å². The summed E-state index contributed by atoms with van der Waals surface area (Å²) in [5.74, 6) is 0.705. The fourth-order valence-electron chi connectivity index (χ4n) is 3.54. The summed E-state index contributed by atoms with van der Waals surface area (Å²) in [6.07, 6.45) is 4.82. The van der Waals surface area contributed by atoms with Gasteiger partial charge < -0.3 is 15.0 Å². The molecule has 4 aromatic rings. The van der Waals surface area contributed by atoms with Gasteiger partial charge in [-0.3, -0.25) is 0 Å². The van der Waals surface area contributed by atoms with Crippen LogP contribution >= 0.6 is 11.6 Å². The third kappa shape index (κ3) is 3.76. The molecule has 1 aromatic carbocycles. The van der Waals surface area contributed by atoms with Crippen LogP contribution in [0.15, 0.2) is 42.7 Å². The van der Waals surface area contributed by atoms with Crippen LogP contribution < -0.4 is 5.32 Å². The summed E-state index contributed by atoms with van der Waals surface area (Å²) in [4.78, 5) is 13.6. The number of fused-ring (bicyclic) bond motifs is 1. The van der Waals surface area contributed by atoms with Gasteiger partial charge in [0.05, 0.1) is 16.7 Å². The summed E-state index contributed by atoms with van der Waals surface area (Å²) in [5, 5.41) is 13.3. The molecule has 0 unspecified atom stereocenters. The van der Waals surface area contributed by atoms with E-state index < -0.39 is 0 Å². The molecule has 0 atom stereocenters. The summed E-state index contributed by atoms with van der Waals surface area (Å²) < 4.78 is 2.21. The van der Waals surface area contributed by atoms with Gasteiger partial charge in [-0.15, -0.1) is 0 Å². The molecular formula is C22H22ClN5O. The largest absolute Gasteiger partial charge is 0.508 e. The van der Waals surface area contributed by atoms with Gasteiger partial charge in [-0.2, -0.15) is 0 Å².